The summed E-state index contributed by atoms with van der Waals surface area (Å²) in [6.45, 7) is 0.528. The molecule has 3 heterocycles. The molecule has 1 saturated carbocycles. The van der Waals surface area contributed by atoms with Crippen molar-refractivity contribution in [3.63, 3.8) is 0 Å². The summed E-state index contributed by atoms with van der Waals surface area (Å²) in [5.74, 6) is 0.304. The van der Waals surface area contributed by atoms with Crippen LogP contribution in [-0.2, 0) is 9.59 Å². The Kier molecular flexibility index (Phi) is 3.29. The van der Waals surface area contributed by atoms with E-state index in [1.807, 2.05) is 4.90 Å². The number of amides is 2. The average Bonchev–Trinajstić information content (AvgIpc) is 3.09. The fraction of sp³-hybridized carbons (Fsp3) is 0.400. The molecule has 23 heavy (non-hydrogen) atoms. The number of hydrogen-bond donors (Lipinski definition) is 1. The van der Waals surface area contributed by atoms with Gasteiger partial charge in [-0.1, -0.05) is 0 Å². The van der Waals surface area contributed by atoms with E-state index in [2.05, 4.69) is 20.4 Å². The maximum absolute atomic E-state index is 12.3. The second-order valence-electron chi connectivity index (χ2n) is 5.91. The van der Waals surface area contributed by atoms with Gasteiger partial charge < -0.3 is 10.2 Å². The highest BCUT2D eigenvalue weighted by atomic mass is 16.2. The van der Waals surface area contributed by atoms with Crippen molar-refractivity contribution < 1.29 is 9.59 Å². The Balaban J connectivity index is 1.40. The van der Waals surface area contributed by atoms with Gasteiger partial charge in [0.25, 0.3) is 0 Å². The molecule has 1 aliphatic heterocycles. The normalized spacial score (nSPS) is 20.8. The van der Waals surface area contributed by atoms with Gasteiger partial charge in [0.2, 0.25) is 11.8 Å². The number of rotatable bonds is 4. The average molecular weight is 312 g/mol. The van der Waals surface area contributed by atoms with Gasteiger partial charge in [0.1, 0.15) is 12.7 Å². The molecule has 2 aromatic heterocycles. The molecule has 1 saturated heterocycles. The lowest BCUT2D eigenvalue weighted by Crippen LogP contribution is -2.29. The molecule has 8 heteroatoms. The maximum Gasteiger partial charge on any atom is 0.229 e. The van der Waals surface area contributed by atoms with Crippen molar-refractivity contribution in [3.8, 4) is 5.82 Å². The van der Waals surface area contributed by atoms with Gasteiger partial charge in [0.05, 0.1) is 17.8 Å². The van der Waals surface area contributed by atoms with E-state index in [1.165, 1.54) is 11.0 Å². The predicted octanol–water partition coefficient (Wildman–Crippen LogP) is 0.612. The number of likely N-dealkylation sites (tertiary alicyclic amines) is 1. The Labute approximate surface area is 132 Å². The quantitative estimate of drug-likeness (QED) is 0.893. The molecule has 0 bridgehead atoms. The van der Waals surface area contributed by atoms with E-state index < -0.39 is 0 Å². The molecular formula is C15H16N6O2. The Morgan fingerprint density at radius 1 is 1.30 bits per heavy atom. The minimum Gasteiger partial charge on any atom is -0.339 e. The zero-order valence-corrected chi connectivity index (χ0v) is 12.4. The molecule has 1 atom stereocenters. The van der Waals surface area contributed by atoms with Crippen LogP contribution in [0.4, 0.5) is 5.69 Å². The van der Waals surface area contributed by atoms with E-state index in [9.17, 15) is 9.59 Å². The number of carbonyl (C=O) groups is 2. The highest BCUT2D eigenvalue weighted by molar-refractivity contribution is 5.97. The van der Waals surface area contributed by atoms with Gasteiger partial charge in [0, 0.05) is 19.0 Å². The van der Waals surface area contributed by atoms with Crippen molar-refractivity contribution in [2.75, 3.05) is 11.9 Å². The van der Waals surface area contributed by atoms with Crippen LogP contribution in [0, 0.1) is 5.92 Å². The number of pyridine rings is 1. The van der Waals surface area contributed by atoms with Gasteiger partial charge in [-0.3, -0.25) is 9.59 Å². The second-order valence-corrected chi connectivity index (χ2v) is 5.91. The Hall–Kier alpha value is -2.77. The van der Waals surface area contributed by atoms with Gasteiger partial charge >= 0.3 is 0 Å². The molecule has 118 valence electrons. The molecule has 2 fully saturated rings. The zero-order chi connectivity index (χ0) is 15.8. The molecule has 8 nitrogen and oxygen atoms in total. The van der Waals surface area contributed by atoms with E-state index in [0.717, 1.165) is 12.8 Å². The summed E-state index contributed by atoms with van der Waals surface area (Å²) < 4.78 is 1.54. The summed E-state index contributed by atoms with van der Waals surface area (Å²) >= 11 is 0. The smallest absolute Gasteiger partial charge is 0.229 e. The largest absolute Gasteiger partial charge is 0.339 e. The van der Waals surface area contributed by atoms with Gasteiger partial charge in [0.15, 0.2) is 5.82 Å². The van der Waals surface area contributed by atoms with Crippen LogP contribution in [0.1, 0.15) is 19.3 Å². The lowest BCUT2D eigenvalue weighted by molar-refractivity contribution is -0.128. The van der Waals surface area contributed by atoms with Crippen LogP contribution in [0.3, 0.4) is 0 Å². The van der Waals surface area contributed by atoms with Gasteiger partial charge in [-0.05, 0) is 25.0 Å². The first-order chi connectivity index (χ1) is 11.2. The van der Waals surface area contributed by atoms with Crippen molar-refractivity contribution in [1.29, 1.82) is 0 Å². The van der Waals surface area contributed by atoms with Crippen molar-refractivity contribution in [3.05, 3.63) is 31.0 Å². The standard InChI is InChI=1S/C15H16N6O2/c22-14-5-10(7-20(14)12-2-3-12)15(23)19-11-1-4-13(17-6-11)21-9-16-8-18-21/h1,4,6,8-10,12H,2-3,5,7H2,(H,19,23)/t10-/m0/s1. The van der Waals surface area contributed by atoms with E-state index in [0.29, 0.717) is 30.5 Å². The SMILES string of the molecule is O=C(Nc1ccc(-n2cncn2)nc1)[C@H]1CC(=O)N(C2CC2)C1. The molecule has 2 aromatic rings. The molecule has 4 rings (SSSR count). The van der Waals surface area contributed by atoms with Crippen molar-refractivity contribution in [1.82, 2.24) is 24.6 Å². The number of carbonyl (C=O) groups excluding carboxylic acids is 2. The lowest BCUT2D eigenvalue weighted by Gasteiger charge is -2.15. The molecular weight excluding hydrogens is 296 g/mol. The van der Waals surface area contributed by atoms with E-state index in [-0.39, 0.29) is 17.7 Å². The lowest BCUT2D eigenvalue weighted by atomic mass is 10.1. The first-order valence-corrected chi connectivity index (χ1v) is 7.62. The first kappa shape index (κ1) is 13.9. The minimum atomic E-state index is -0.280. The van der Waals surface area contributed by atoms with Crippen molar-refractivity contribution in [2.45, 2.75) is 25.3 Å². The third kappa shape index (κ3) is 2.79. The summed E-state index contributed by atoms with van der Waals surface area (Å²) in [5.41, 5.74) is 0.608. The molecule has 0 radical (unpaired) electrons. The Bertz CT molecular complexity index is 723. The highest BCUT2D eigenvalue weighted by Crippen LogP contribution is 2.32. The van der Waals surface area contributed by atoms with Crippen molar-refractivity contribution >= 4 is 17.5 Å². The van der Waals surface area contributed by atoms with Gasteiger partial charge in [-0.15, -0.1) is 0 Å². The molecule has 0 spiro atoms. The van der Waals surface area contributed by atoms with Crippen LogP contribution in [0.2, 0.25) is 0 Å². The molecule has 2 aliphatic rings. The molecule has 1 N–H and O–H groups in total. The third-order valence-corrected chi connectivity index (χ3v) is 4.19. The molecule has 2 amide bonds. The second kappa shape index (κ2) is 5.45. The Morgan fingerprint density at radius 2 is 2.17 bits per heavy atom. The fourth-order valence-corrected chi connectivity index (χ4v) is 2.81. The number of anilines is 1. The summed E-state index contributed by atoms with van der Waals surface area (Å²) in [6, 6.07) is 3.88. The highest BCUT2D eigenvalue weighted by Gasteiger charge is 2.41. The van der Waals surface area contributed by atoms with E-state index in [1.54, 1.807) is 24.7 Å². The fourth-order valence-electron chi connectivity index (χ4n) is 2.81. The van der Waals surface area contributed by atoms with Gasteiger partial charge in [-0.2, -0.15) is 5.10 Å². The topological polar surface area (TPSA) is 93.0 Å². The van der Waals surface area contributed by atoms with E-state index in [4.69, 9.17) is 0 Å². The first-order valence-electron chi connectivity index (χ1n) is 7.62. The van der Waals surface area contributed by atoms with Crippen LogP contribution in [0.15, 0.2) is 31.0 Å². The van der Waals surface area contributed by atoms with Crippen molar-refractivity contribution in [2.24, 2.45) is 5.92 Å². The summed E-state index contributed by atoms with van der Waals surface area (Å²) in [5, 5.41) is 6.82. The van der Waals surface area contributed by atoms with Crippen LogP contribution in [-0.4, -0.2) is 49.0 Å². The monoisotopic (exact) mass is 312 g/mol. The summed E-state index contributed by atoms with van der Waals surface area (Å²) in [7, 11) is 0. The summed E-state index contributed by atoms with van der Waals surface area (Å²) in [4.78, 5) is 34.2. The predicted molar refractivity (Wildman–Crippen MR) is 80.6 cm³/mol. The summed E-state index contributed by atoms with van der Waals surface area (Å²) in [6.07, 6.45) is 6.98. The number of aromatic nitrogens is 4. The molecule has 1 aliphatic carbocycles. The molecule has 0 unspecified atom stereocenters. The third-order valence-electron chi connectivity index (χ3n) is 4.19. The van der Waals surface area contributed by atoms with Crippen LogP contribution in [0.5, 0.6) is 0 Å². The van der Waals surface area contributed by atoms with Crippen LogP contribution < -0.4 is 5.32 Å². The zero-order valence-electron chi connectivity index (χ0n) is 12.4. The van der Waals surface area contributed by atoms with E-state index >= 15 is 0 Å². The molecule has 0 aromatic carbocycles. The Morgan fingerprint density at radius 3 is 2.83 bits per heavy atom. The minimum absolute atomic E-state index is 0.0901. The number of hydrogen-bond acceptors (Lipinski definition) is 5. The van der Waals surface area contributed by atoms with Crippen LogP contribution in [0.25, 0.3) is 5.82 Å². The maximum atomic E-state index is 12.3. The number of nitrogens with zero attached hydrogens (tertiary/aromatic N) is 5. The van der Waals surface area contributed by atoms with Crippen LogP contribution >= 0.6 is 0 Å². The number of nitrogens with one attached hydrogen (secondary N) is 1. The van der Waals surface area contributed by atoms with Gasteiger partial charge in [-0.25, -0.2) is 14.6 Å².